The quantitative estimate of drug-likeness (QED) is 0.260. The zero-order valence-electron chi connectivity index (χ0n) is 19.8. The lowest BCUT2D eigenvalue weighted by atomic mass is 10.0. The Bertz CT molecular complexity index is 1920. The van der Waals surface area contributed by atoms with Crippen LogP contribution >= 0.6 is 0 Å². The predicted molar refractivity (Wildman–Crippen MR) is 144 cm³/mol. The van der Waals surface area contributed by atoms with Gasteiger partial charge in [0.2, 0.25) is 17.4 Å². The molecule has 7 aromatic rings. The molecule has 1 aliphatic rings. The molecular weight excluding hydrogens is 460 g/mol. The van der Waals surface area contributed by atoms with Crippen LogP contribution in [0.2, 0.25) is 0 Å². The fourth-order valence-corrected chi connectivity index (χ4v) is 5.26. The molecule has 0 fully saturated rings. The summed E-state index contributed by atoms with van der Waals surface area (Å²) in [7, 11) is 0. The lowest BCUT2D eigenvalue weighted by Gasteiger charge is -2.09. The van der Waals surface area contributed by atoms with E-state index in [0.717, 1.165) is 57.0 Å². The van der Waals surface area contributed by atoms with Crippen LogP contribution in [0.5, 0.6) is 0 Å². The molecule has 176 valence electrons. The van der Waals surface area contributed by atoms with E-state index in [9.17, 15) is 0 Å². The molecule has 0 N–H and O–H groups in total. The number of allylic oxidation sites excluding steroid dienone is 1. The maximum absolute atomic E-state index is 6.51. The summed E-state index contributed by atoms with van der Waals surface area (Å²) in [6, 6.07) is 28.0. The Morgan fingerprint density at radius 2 is 1.30 bits per heavy atom. The molecule has 0 saturated heterocycles. The van der Waals surface area contributed by atoms with Crippen molar-refractivity contribution in [3.8, 4) is 28.7 Å². The monoisotopic (exact) mass is 480 g/mol. The van der Waals surface area contributed by atoms with E-state index in [0.29, 0.717) is 29.0 Å². The van der Waals surface area contributed by atoms with E-state index in [1.54, 1.807) is 0 Å². The zero-order chi connectivity index (χ0) is 24.3. The van der Waals surface area contributed by atoms with Gasteiger partial charge < -0.3 is 8.83 Å². The smallest absolute Gasteiger partial charge is 0.243 e. The molecule has 1 aliphatic carbocycles. The summed E-state index contributed by atoms with van der Waals surface area (Å²) in [6.45, 7) is 0. The standard InChI is InChI=1S/C31H20N4O2/c1-3-11-19(12-4-1)27-32-28(20-13-5-2-6-14-20)34-31(33-27)35-29-25(21-15-7-9-17-23(21)36-29)26-22-16-8-10-18-24(22)37-30(26)35/h1-9,11-17H,10,18H2. The SMILES string of the molecule is C1=Cc2c(oc3c2c2c4ccccc4oc2n3-c2nc(-c3ccccc3)nc(-c3ccccc3)n2)CC1. The molecule has 4 aromatic heterocycles. The second kappa shape index (κ2) is 7.77. The number of nitrogens with zero attached hydrogens (tertiary/aromatic N) is 4. The lowest BCUT2D eigenvalue weighted by Crippen LogP contribution is -2.06. The third kappa shape index (κ3) is 3.02. The Hall–Kier alpha value is -4.97. The van der Waals surface area contributed by atoms with Crippen LogP contribution in [0.25, 0.3) is 68.0 Å². The average molecular weight is 481 g/mol. The molecule has 0 amide bonds. The molecule has 3 aromatic carbocycles. The van der Waals surface area contributed by atoms with Gasteiger partial charge in [-0.1, -0.05) is 91.0 Å². The number of rotatable bonds is 3. The predicted octanol–water partition coefficient (Wildman–Crippen LogP) is 7.60. The van der Waals surface area contributed by atoms with Crippen molar-refractivity contribution < 1.29 is 8.83 Å². The van der Waals surface area contributed by atoms with Gasteiger partial charge in [0.1, 0.15) is 11.3 Å². The van der Waals surface area contributed by atoms with E-state index in [-0.39, 0.29) is 0 Å². The summed E-state index contributed by atoms with van der Waals surface area (Å²) in [5.41, 5.74) is 5.11. The fraction of sp³-hybridized carbons (Fsp3) is 0.0645. The number of hydrogen-bond donors (Lipinski definition) is 0. The molecule has 0 unspecified atom stereocenters. The van der Waals surface area contributed by atoms with Gasteiger partial charge in [-0.2, -0.15) is 9.97 Å². The van der Waals surface area contributed by atoms with Gasteiger partial charge in [-0.15, -0.1) is 0 Å². The number of para-hydroxylation sites is 1. The van der Waals surface area contributed by atoms with Gasteiger partial charge in [0.15, 0.2) is 11.6 Å². The third-order valence-corrected chi connectivity index (χ3v) is 6.95. The topological polar surface area (TPSA) is 69.9 Å². The molecule has 37 heavy (non-hydrogen) atoms. The fourth-order valence-electron chi connectivity index (χ4n) is 5.26. The van der Waals surface area contributed by atoms with E-state index >= 15 is 0 Å². The highest BCUT2D eigenvalue weighted by Crippen LogP contribution is 2.44. The van der Waals surface area contributed by atoms with Gasteiger partial charge in [0, 0.05) is 28.5 Å². The van der Waals surface area contributed by atoms with Crippen LogP contribution in [0.4, 0.5) is 0 Å². The summed E-state index contributed by atoms with van der Waals surface area (Å²) in [5, 5.41) is 3.10. The molecule has 0 bridgehead atoms. The molecule has 4 heterocycles. The first-order valence-corrected chi connectivity index (χ1v) is 12.4. The number of aryl methyl sites for hydroxylation is 1. The van der Waals surface area contributed by atoms with E-state index < -0.39 is 0 Å². The van der Waals surface area contributed by atoms with Crippen LogP contribution in [-0.4, -0.2) is 19.5 Å². The first-order valence-electron chi connectivity index (χ1n) is 12.4. The van der Waals surface area contributed by atoms with Crippen LogP contribution in [-0.2, 0) is 6.42 Å². The number of hydrogen-bond acceptors (Lipinski definition) is 5. The average Bonchev–Trinajstić information content (AvgIpc) is 3.61. The Kier molecular flexibility index (Phi) is 4.25. The van der Waals surface area contributed by atoms with E-state index in [1.807, 2.05) is 83.4 Å². The summed E-state index contributed by atoms with van der Waals surface area (Å²) in [6.07, 6.45) is 6.18. The molecule has 8 rings (SSSR count). The number of benzene rings is 3. The summed E-state index contributed by atoms with van der Waals surface area (Å²) in [5.74, 6) is 2.62. The molecule has 6 heteroatoms. The maximum atomic E-state index is 6.51. The van der Waals surface area contributed by atoms with Crippen LogP contribution in [0, 0.1) is 0 Å². The third-order valence-electron chi connectivity index (χ3n) is 6.95. The molecule has 6 nitrogen and oxygen atoms in total. The summed E-state index contributed by atoms with van der Waals surface area (Å²) in [4.78, 5) is 14.7. The van der Waals surface area contributed by atoms with Crippen molar-refractivity contribution in [3.63, 3.8) is 0 Å². The van der Waals surface area contributed by atoms with Gasteiger partial charge in [-0.05, 0) is 12.5 Å². The number of aromatic nitrogens is 4. The van der Waals surface area contributed by atoms with Crippen molar-refractivity contribution in [1.82, 2.24) is 19.5 Å². The lowest BCUT2D eigenvalue weighted by molar-refractivity contribution is 0.525. The Morgan fingerprint density at radius 3 is 2.03 bits per heavy atom. The second-order valence-electron chi connectivity index (χ2n) is 9.19. The van der Waals surface area contributed by atoms with Gasteiger partial charge in [-0.3, -0.25) is 0 Å². The van der Waals surface area contributed by atoms with Crippen molar-refractivity contribution in [1.29, 1.82) is 0 Å². The maximum Gasteiger partial charge on any atom is 0.243 e. The highest BCUT2D eigenvalue weighted by molar-refractivity contribution is 6.21. The van der Waals surface area contributed by atoms with Crippen molar-refractivity contribution in [3.05, 3.63) is 102 Å². The van der Waals surface area contributed by atoms with Crippen molar-refractivity contribution >= 4 is 39.2 Å². The number of fused-ring (bicyclic) bond motifs is 7. The highest BCUT2D eigenvalue weighted by Gasteiger charge is 2.28. The van der Waals surface area contributed by atoms with E-state index in [2.05, 4.69) is 18.2 Å². The van der Waals surface area contributed by atoms with Crippen LogP contribution in [0.1, 0.15) is 17.7 Å². The Balaban J connectivity index is 1.50. The molecule has 0 spiro atoms. The van der Waals surface area contributed by atoms with Crippen molar-refractivity contribution in [2.75, 3.05) is 0 Å². The normalized spacial score (nSPS) is 13.1. The molecular formula is C31H20N4O2. The van der Waals surface area contributed by atoms with Gasteiger partial charge >= 0.3 is 0 Å². The van der Waals surface area contributed by atoms with Gasteiger partial charge in [0.05, 0.1) is 10.8 Å². The minimum absolute atomic E-state index is 0.460. The molecule has 0 saturated carbocycles. The highest BCUT2D eigenvalue weighted by atomic mass is 16.4. The van der Waals surface area contributed by atoms with Crippen molar-refractivity contribution in [2.24, 2.45) is 0 Å². The number of furan rings is 2. The van der Waals surface area contributed by atoms with Crippen molar-refractivity contribution in [2.45, 2.75) is 12.8 Å². The Labute approximate surface area is 211 Å². The van der Waals surface area contributed by atoms with E-state index in [4.69, 9.17) is 23.8 Å². The molecule has 0 aliphatic heterocycles. The Morgan fingerprint density at radius 1 is 0.649 bits per heavy atom. The first kappa shape index (κ1) is 20.2. The van der Waals surface area contributed by atoms with Gasteiger partial charge in [0.25, 0.3) is 0 Å². The molecule has 0 atom stereocenters. The minimum atomic E-state index is 0.460. The van der Waals surface area contributed by atoms with Crippen LogP contribution in [0.15, 0.2) is 99.8 Å². The summed E-state index contributed by atoms with van der Waals surface area (Å²) >= 11 is 0. The molecule has 0 radical (unpaired) electrons. The van der Waals surface area contributed by atoms with E-state index in [1.165, 1.54) is 0 Å². The summed E-state index contributed by atoms with van der Waals surface area (Å²) < 4.78 is 14.9. The zero-order valence-corrected chi connectivity index (χ0v) is 19.8. The minimum Gasteiger partial charge on any atom is -0.443 e. The first-order chi connectivity index (χ1) is 18.3. The largest absolute Gasteiger partial charge is 0.443 e. The second-order valence-corrected chi connectivity index (χ2v) is 9.19. The van der Waals surface area contributed by atoms with Crippen LogP contribution in [0.3, 0.4) is 0 Å². The van der Waals surface area contributed by atoms with Crippen LogP contribution < -0.4 is 0 Å². The van der Waals surface area contributed by atoms with Gasteiger partial charge in [-0.25, -0.2) is 9.55 Å².